The van der Waals surface area contributed by atoms with E-state index in [1.54, 1.807) is 12.3 Å². The molecule has 0 spiro atoms. The fourth-order valence-corrected chi connectivity index (χ4v) is 4.31. The molecule has 0 aliphatic rings. The van der Waals surface area contributed by atoms with Crippen LogP contribution >= 0.6 is 11.6 Å². The van der Waals surface area contributed by atoms with Crippen molar-refractivity contribution in [2.24, 2.45) is 0 Å². The number of carbonyl (C=O) groups excluding carboxylic acids is 1. The summed E-state index contributed by atoms with van der Waals surface area (Å²) in [6.07, 6.45) is 1.69. The van der Waals surface area contributed by atoms with Gasteiger partial charge in [0.1, 0.15) is 11.2 Å². The highest BCUT2D eigenvalue weighted by Crippen LogP contribution is 2.38. The molecular formula is C26H26ClNO4. The van der Waals surface area contributed by atoms with Crippen molar-refractivity contribution >= 4 is 39.4 Å². The Labute approximate surface area is 191 Å². The summed E-state index contributed by atoms with van der Waals surface area (Å²) >= 11 is 6.16. The number of fused-ring (bicyclic) bond motifs is 3. The lowest BCUT2D eigenvalue weighted by Crippen LogP contribution is -2.27. The van der Waals surface area contributed by atoms with Crippen LogP contribution in [0.25, 0.3) is 21.9 Å². The molecule has 32 heavy (non-hydrogen) atoms. The molecule has 0 saturated carbocycles. The fourth-order valence-electron chi connectivity index (χ4n) is 4.10. The number of hydrogen-bond acceptors (Lipinski definition) is 4. The lowest BCUT2D eigenvalue weighted by Gasteiger charge is -2.17. The van der Waals surface area contributed by atoms with E-state index in [0.717, 1.165) is 27.5 Å². The smallest absolute Gasteiger partial charge is 0.340 e. The quantitative estimate of drug-likeness (QED) is 0.388. The maximum atomic E-state index is 12.7. The van der Waals surface area contributed by atoms with Crippen molar-refractivity contribution in [1.29, 1.82) is 0 Å². The van der Waals surface area contributed by atoms with Crippen LogP contribution in [0.15, 0.2) is 50.2 Å². The van der Waals surface area contributed by atoms with E-state index >= 15 is 0 Å². The predicted molar refractivity (Wildman–Crippen MR) is 127 cm³/mol. The van der Waals surface area contributed by atoms with Gasteiger partial charge in [0.15, 0.2) is 0 Å². The molecule has 4 rings (SSSR count). The Morgan fingerprint density at radius 3 is 2.53 bits per heavy atom. The summed E-state index contributed by atoms with van der Waals surface area (Å²) in [5, 5.41) is 5.17. The minimum absolute atomic E-state index is 0.0865. The zero-order valence-corrected chi connectivity index (χ0v) is 19.6. The Hall–Kier alpha value is -3.05. The topological polar surface area (TPSA) is 72.5 Å². The second-order valence-corrected chi connectivity index (χ2v) is 9.62. The Morgan fingerprint density at radius 2 is 1.84 bits per heavy atom. The largest absolute Gasteiger partial charge is 0.463 e. The fraction of sp³-hybridized carbons (Fsp3) is 0.308. The van der Waals surface area contributed by atoms with Crippen LogP contribution in [0.1, 0.15) is 48.6 Å². The van der Waals surface area contributed by atoms with Crippen LogP contribution in [0.4, 0.5) is 0 Å². The summed E-state index contributed by atoms with van der Waals surface area (Å²) in [4.78, 5) is 25.4. The summed E-state index contributed by atoms with van der Waals surface area (Å²) in [5.74, 6) is -0.280. The van der Waals surface area contributed by atoms with Crippen molar-refractivity contribution in [3.05, 3.63) is 79.9 Å². The molecule has 0 saturated heterocycles. The second kappa shape index (κ2) is 8.14. The van der Waals surface area contributed by atoms with Gasteiger partial charge in [0.05, 0.1) is 23.6 Å². The van der Waals surface area contributed by atoms with E-state index in [0.29, 0.717) is 27.3 Å². The SMILES string of the molecule is Cc1cc2oc(=O)c(CC(=O)NCc3ccccc3Cl)c(C)c2c2occ(C(C)(C)C)c12. The Bertz CT molecular complexity index is 1410. The molecule has 1 amide bonds. The van der Waals surface area contributed by atoms with Gasteiger partial charge in [-0.25, -0.2) is 4.79 Å². The number of carbonyl (C=O) groups is 1. The first-order valence-corrected chi connectivity index (χ1v) is 10.9. The Kier molecular flexibility index (Phi) is 5.63. The van der Waals surface area contributed by atoms with Crippen molar-refractivity contribution in [3.63, 3.8) is 0 Å². The number of amides is 1. The number of rotatable bonds is 4. The lowest BCUT2D eigenvalue weighted by molar-refractivity contribution is -0.120. The molecule has 0 unspecified atom stereocenters. The zero-order chi connectivity index (χ0) is 23.2. The molecule has 1 N–H and O–H groups in total. The van der Waals surface area contributed by atoms with Crippen molar-refractivity contribution in [2.75, 3.05) is 0 Å². The molecule has 6 heteroatoms. The summed E-state index contributed by atoms with van der Waals surface area (Å²) in [7, 11) is 0. The van der Waals surface area contributed by atoms with Crippen molar-refractivity contribution < 1.29 is 13.6 Å². The standard InChI is InChI=1S/C26H26ClNO4/c1-14-10-20-23(24-22(14)18(13-31-24)26(3,4)5)15(2)17(25(30)32-20)11-21(29)28-12-16-8-6-7-9-19(16)27/h6-10,13H,11-12H2,1-5H3,(H,28,29). The third kappa shape index (κ3) is 3.93. The minimum Gasteiger partial charge on any atom is -0.463 e. The molecule has 5 nitrogen and oxygen atoms in total. The van der Waals surface area contributed by atoms with Gasteiger partial charge in [-0.1, -0.05) is 50.6 Å². The average Bonchev–Trinajstić information content (AvgIpc) is 3.16. The summed E-state index contributed by atoms with van der Waals surface area (Å²) in [6, 6.07) is 9.18. The van der Waals surface area contributed by atoms with Gasteiger partial charge in [-0.3, -0.25) is 4.79 Å². The first-order chi connectivity index (χ1) is 15.1. The lowest BCUT2D eigenvalue weighted by atomic mass is 9.85. The molecule has 0 fully saturated rings. The van der Waals surface area contributed by atoms with E-state index < -0.39 is 5.63 Å². The molecule has 166 valence electrons. The summed E-state index contributed by atoms with van der Waals surface area (Å²) < 4.78 is 11.6. The monoisotopic (exact) mass is 451 g/mol. The molecule has 2 aromatic carbocycles. The maximum absolute atomic E-state index is 12.7. The summed E-state index contributed by atoms with van der Waals surface area (Å²) in [6.45, 7) is 10.5. The van der Waals surface area contributed by atoms with Crippen LogP contribution in [0.2, 0.25) is 5.02 Å². The predicted octanol–water partition coefficient (Wildman–Crippen LogP) is 5.97. The number of halogens is 1. The van der Waals surface area contributed by atoms with Crippen molar-refractivity contribution in [3.8, 4) is 0 Å². The van der Waals surface area contributed by atoms with Gasteiger partial charge >= 0.3 is 5.63 Å². The molecule has 4 aromatic rings. The van der Waals surface area contributed by atoms with E-state index in [1.165, 1.54) is 0 Å². The number of benzene rings is 2. The van der Waals surface area contributed by atoms with Crippen LogP contribution in [0.3, 0.4) is 0 Å². The van der Waals surface area contributed by atoms with Gasteiger partial charge in [-0.2, -0.15) is 0 Å². The zero-order valence-electron chi connectivity index (χ0n) is 18.9. The highest BCUT2D eigenvalue weighted by atomic mass is 35.5. The van der Waals surface area contributed by atoms with Crippen LogP contribution in [0.5, 0.6) is 0 Å². The Balaban J connectivity index is 1.74. The van der Waals surface area contributed by atoms with E-state index in [-0.39, 0.29) is 24.3 Å². The van der Waals surface area contributed by atoms with Gasteiger partial charge in [0.25, 0.3) is 0 Å². The Morgan fingerprint density at radius 1 is 1.12 bits per heavy atom. The van der Waals surface area contributed by atoms with E-state index in [1.807, 2.05) is 38.1 Å². The third-order valence-corrected chi connectivity index (χ3v) is 6.23. The number of furan rings is 1. The van der Waals surface area contributed by atoms with Crippen molar-refractivity contribution in [2.45, 2.75) is 53.0 Å². The number of nitrogens with one attached hydrogen (secondary N) is 1. The van der Waals surface area contributed by atoms with E-state index in [9.17, 15) is 9.59 Å². The van der Waals surface area contributed by atoms with Crippen LogP contribution in [-0.2, 0) is 23.2 Å². The first-order valence-electron chi connectivity index (χ1n) is 10.6. The molecule has 2 aromatic heterocycles. The van der Waals surface area contributed by atoms with Crippen LogP contribution in [0, 0.1) is 13.8 Å². The van der Waals surface area contributed by atoms with Crippen LogP contribution < -0.4 is 10.9 Å². The van der Waals surface area contributed by atoms with Gasteiger partial charge in [0.2, 0.25) is 5.91 Å². The molecule has 2 heterocycles. The molecular weight excluding hydrogens is 426 g/mol. The number of hydrogen-bond donors (Lipinski definition) is 1. The van der Waals surface area contributed by atoms with Gasteiger partial charge in [-0.15, -0.1) is 0 Å². The van der Waals surface area contributed by atoms with E-state index in [2.05, 4.69) is 26.1 Å². The minimum atomic E-state index is -0.510. The summed E-state index contributed by atoms with van der Waals surface area (Å²) in [5.41, 5.74) is 4.45. The maximum Gasteiger partial charge on any atom is 0.340 e. The second-order valence-electron chi connectivity index (χ2n) is 9.21. The van der Waals surface area contributed by atoms with Crippen LogP contribution in [-0.4, -0.2) is 5.91 Å². The van der Waals surface area contributed by atoms with E-state index in [4.69, 9.17) is 20.4 Å². The average molecular weight is 452 g/mol. The van der Waals surface area contributed by atoms with Crippen molar-refractivity contribution in [1.82, 2.24) is 5.32 Å². The highest BCUT2D eigenvalue weighted by molar-refractivity contribution is 6.31. The van der Waals surface area contributed by atoms with Gasteiger partial charge in [-0.05, 0) is 48.1 Å². The molecule has 0 aliphatic heterocycles. The molecule has 0 atom stereocenters. The highest BCUT2D eigenvalue weighted by Gasteiger charge is 2.25. The third-order valence-electron chi connectivity index (χ3n) is 5.86. The first kappa shape index (κ1) is 22.2. The number of aryl methyl sites for hydroxylation is 2. The molecule has 0 aliphatic carbocycles. The van der Waals surface area contributed by atoms with Gasteiger partial charge in [0, 0.05) is 22.5 Å². The molecule has 0 bridgehead atoms. The van der Waals surface area contributed by atoms with Gasteiger partial charge < -0.3 is 14.2 Å². The molecule has 0 radical (unpaired) electrons. The normalized spacial score (nSPS) is 11.9.